The number of carbonyl (C=O) groups excluding carboxylic acids is 9. The molecule has 16 N–H and O–H groups in total. The number of aromatic hydroxyl groups is 1. The summed E-state index contributed by atoms with van der Waals surface area (Å²) < 4.78 is 0.467. The number of carboxylic acid groups (broad SMARTS) is 3. The second-order valence-electron chi connectivity index (χ2n) is 27.7. The summed E-state index contributed by atoms with van der Waals surface area (Å²) in [6.45, 7) is 1.82. The molecular formula is C77H103ILuN16O16. The van der Waals surface area contributed by atoms with Crippen LogP contribution in [0.25, 0.3) is 10.8 Å². The van der Waals surface area contributed by atoms with Crippen molar-refractivity contribution in [2.24, 2.45) is 16.5 Å². The van der Waals surface area contributed by atoms with E-state index in [-0.39, 0.29) is 203 Å². The number of phenolic OH excluding ortho intramolecular Hbond substituents is 1. The van der Waals surface area contributed by atoms with Crippen molar-refractivity contribution in [1.29, 1.82) is 0 Å². The van der Waals surface area contributed by atoms with E-state index < -0.39 is 102 Å². The van der Waals surface area contributed by atoms with Crippen LogP contribution in [-0.2, 0) is 78.5 Å². The number of carboxylic acids is 3. The number of nitrogens with two attached hydrogens (primary N) is 2. The van der Waals surface area contributed by atoms with Crippen molar-refractivity contribution in [3.05, 3.63) is 146 Å². The standard InChI is InChI=1S/C77H103IN16O16.Lu/c1-50-17-19-51(20-18-50)10-7-16-65(96)81-29-6-5-13-59(86-67(98)46-91-32-34-92(47-68(99)100)36-38-94(49-70(103)104)39-37-93(35-33-91)48-69(101)102)72(106)84-44-52-21-26-56(27-22-52)71(105)82-30-9-15-63-75(109)88-60(14-8-31-83-77(79)80)74(108)89-61(42-53-23-25-55-11-3-4-12-57(55)40-53)73(107)85-45-66(97)87-62(76(110)90(63)2)43-54-24-28-64(95)58(78)41-54;/h3-4,11-12,17-28,40-41,59-63,95H,5-10,13-16,29-39,42-49H2,1-2H3,(H,81,96)(H,82,105)(H,84,106)(H,85,107)(H,86,98)(H,87,97)(H,88,109)(H,89,108)(H,99,100)(H,101,102)(H,103,104)(H4,79,80,83);/t59?,60-,61-,62+,63+;/m0./s1. The summed E-state index contributed by atoms with van der Waals surface area (Å²) in [5, 5.41) is 63.8. The Morgan fingerprint density at radius 2 is 1.14 bits per heavy atom. The van der Waals surface area contributed by atoms with Crippen molar-refractivity contribution in [3.63, 3.8) is 0 Å². The van der Waals surface area contributed by atoms with E-state index >= 15 is 0 Å². The third kappa shape index (κ3) is 32.6. The number of carbonyl (C=O) groups is 12. The molecule has 0 bridgehead atoms. The average molecular weight is 1810 g/mol. The summed E-state index contributed by atoms with van der Waals surface area (Å²) in [5.41, 5.74) is 15.5. The zero-order valence-electron chi connectivity index (χ0n) is 62.4. The molecule has 32 nitrogen and oxygen atoms in total. The van der Waals surface area contributed by atoms with Gasteiger partial charge in [0.1, 0.15) is 36.0 Å². The Morgan fingerprint density at radius 3 is 1.75 bits per heavy atom. The van der Waals surface area contributed by atoms with E-state index in [1.54, 1.807) is 56.0 Å². The number of fused-ring (bicyclic) bond motifs is 1. The van der Waals surface area contributed by atoms with E-state index in [9.17, 15) is 78.0 Å². The molecule has 2 heterocycles. The quantitative estimate of drug-likeness (QED) is 0.0117. The number of nitrogens with one attached hydrogen (secondary N) is 8. The van der Waals surface area contributed by atoms with Gasteiger partial charge < -0.3 is 79.3 Å². The predicted molar refractivity (Wildman–Crippen MR) is 419 cm³/mol. The first kappa shape index (κ1) is 90.8. The zero-order valence-corrected chi connectivity index (χ0v) is 66.3. The van der Waals surface area contributed by atoms with Gasteiger partial charge in [-0.15, -0.1) is 0 Å². The molecule has 2 fully saturated rings. The molecule has 111 heavy (non-hydrogen) atoms. The Kier molecular flexibility index (Phi) is 38.7. The number of halogens is 1. The average Bonchev–Trinajstić information content (AvgIpc) is 1.47. The molecule has 7 rings (SSSR count). The number of hydrogen-bond acceptors (Lipinski definition) is 18. The van der Waals surface area contributed by atoms with E-state index in [0.717, 1.165) is 28.3 Å². The Morgan fingerprint density at radius 1 is 0.577 bits per heavy atom. The molecule has 2 aliphatic heterocycles. The van der Waals surface area contributed by atoms with Crippen molar-refractivity contribution in [3.8, 4) is 5.75 Å². The summed E-state index contributed by atoms with van der Waals surface area (Å²) in [5.74, 6) is -8.90. The van der Waals surface area contributed by atoms with Crippen LogP contribution in [0.3, 0.4) is 0 Å². The van der Waals surface area contributed by atoms with Gasteiger partial charge in [0, 0.05) is 147 Å². The summed E-state index contributed by atoms with van der Waals surface area (Å²) in [6, 6.07) is 26.0. The molecule has 0 aliphatic carbocycles. The van der Waals surface area contributed by atoms with Gasteiger partial charge in [0.2, 0.25) is 47.3 Å². The first-order valence-corrected chi connectivity index (χ1v) is 38.0. The number of likely N-dealkylation sites (N-methyl/N-ethyl adjacent to an activating group) is 1. The summed E-state index contributed by atoms with van der Waals surface area (Å²) in [6.07, 6.45) is 2.83. The second kappa shape index (κ2) is 47.3. The van der Waals surface area contributed by atoms with Crippen LogP contribution in [0.5, 0.6) is 5.75 Å². The van der Waals surface area contributed by atoms with Gasteiger partial charge in [-0.2, -0.15) is 0 Å². The molecule has 5 aromatic rings. The topological polar surface area (TPSA) is 463 Å². The first-order valence-electron chi connectivity index (χ1n) is 36.9. The van der Waals surface area contributed by atoms with Gasteiger partial charge in [-0.05, 0) is 145 Å². The van der Waals surface area contributed by atoms with E-state index in [2.05, 4.69) is 47.5 Å². The minimum absolute atomic E-state index is 0. The number of benzene rings is 5. The van der Waals surface area contributed by atoms with Crippen LogP contribution in [0.15, 0.2) is 114 Å². The SMILES string of the molecule is Cc1ccc(CCCC(=O)NCCCCC(NC(=O)CN2CCN(CC(=O)O)CCN(CC(=O)O)CCN(CC(=O)O)CC2)C(=O)NCc2ccc(C(=O)NCCC[C@@H]3C(=O)N[C@@H](CCCN=C(N)N)C(=O)N[C@@H](Cc4ccc5ccccc5c4)C(=O)NCC(=O)N[C@H](Cc4ccc(O)c(I)c4)C(=O)N3C)cc2)cc1.[Lu]. The summed E-state index contributed by atoms with van der Waals surface area (Å²) in [4.78, 5) is 175. The zero-order chi connectivity index (χ0) is 79.7. The molecule has 9 amide bonds. The first-order chi connectivity index (χ1) is 52.6. The van der Waals surface area contributed by atoms with Crippen molar-refractivity contribution >= 4 is 110 Å². The normalized spacial score (nSPS) is 17.9. The van der Waals surface area contributed by atoms with Crippen LogP contribution >= 0.6 is 22.6 Å². The largest absolute Gasteiger partial charge is 0.507 e. The van der Waals surface area contributed by atoms with Crippen LogP contribution in [0.1, 0.15) is 96.0 Å². The smallest absolute Gasteiger partial charge is 0.317 e. The van der Waals surface area contributed by atoms with Gasteiger partial charge in [-0.25, -0.2) is 0 Å². The van der Waals surface area contributed by atoms with Gasteiger partial charge in [0.05, 0.1) is 36.3 Å². The van der Waals surface area contributed by atoms with Gasteiger partial charge in [-0.1, -0.05) is 90.5 Å². The summed E-state index contributed by atoms with van der Waals surface area (Å²) >= 11 is 1.93. The van der Waals surface area contributed by atoms with Gasteiger partial charge in [-0.3, -0.25) is 82.1 Å². The molecule has 2 saturated heterocycles. The fourth-order valence-corrected chi connectivity index (χ4v) is 13.4. The predicted octanol–water partition coefficient (Wildman–Crippen LogP) is 0.804. The number of guanidine groups is 1. The number of phenols is 1. The molecule has 1 radical (unpaired) electrons. The van der Waals surface area contributed by atoms with Gasteiger partial charge in [0.25, 0.3) is 5.91 Å². The Labute approximate surface area is 688 Å². The number of hydrogen-bond donors (Lipinski definition) is 14. The maximum absolute atomic E-state index is 14.9. The van der Waals surface area contributed by atoms with Gasteiger partial charge in [0.15, 0.2) is 5.96 Å². The summed E-state index contributed by atoms with van der Waals surface area (Å²) in [7, 11) is 1.38. The number of amides is 9. The van der Waals surface area contributed by atoms with Crippen LogP contribution < -0.4 is 54.0 Å². The fourth-order valence-electron chi connectivity index (χ4n) is 12.9. The number of aryl methyl sites for hydroxylation is 2. The van der Waals surface area contributed by atoms with Crippen LogP contribution in [0, 0.1) is 47.4 Å². The van der Waals surface area contributed by atoms with Crippen LogP contribution in [-0.4, -0.2) is 264 Å². The van der Waals surface area contributed by atoms with E-state index in [1.807, 2.05) is 96.2 Å². The molecular weight excluding hydrogens is 1710 g/mol. The number of unbranched alkanes of at least 4 members (excludes halogenated alkanes) is 1. The minimum Gasteiger partial charge on any atom is -0.507 e. The van der Waals surface area contributed by atoms with Crippen LogP contribution in [0.4, 0.5) is 0 Å². The van der Waals surface area contributed by atoms with E-state index in [4.69, 9.17) is 11.5 Å². The third-order valence-corrected chi connectivity index (χ3v) is 19.8. The second-order valence-corrected chi connectivity index (χ2v) is 28.8. The van der Waals surface area contributed by atoms with Crippen LogP contribution in [0.2, 0.25) is 0 Å². The maximum atomic E-state index is 14.9. The van der Waals surface area contributed by atoms with Crippen molar-refractivity contribution in [1.82, 2.24) is 67.0 Å². The minimum atomic E-state index is -1.32. The number of nitrogens with zero attached hydrogens (tertiary/aromatic N) is 6. The fraction of sp³-hybridized carbons (Fsp3) is 0.468. The van der Waals surface area contributed by atoms with Crippen molar-refractivity contribution < 1.29 is 115 Å². The third-order valence-electron chi connectivity index (χ3n) is 19.0. The Bertz CT molecular complexity index is 3990. The molecule has 0 saturated carbocycles. The molecule has 1 unspecified atom stereocenters. The molecule has 2 aliphatic rings. The molecule has 0 spiro atoms. The molecule has 609 valence electrons. The van der Waals surface area contributed by atoms with E-state index in [0.29, 0.717) is 52.5 Å². The number of aliphatic carboxylic acids is 3. The molecule has 34 heteroatoms. The number of aliphatic imine (C=N–C) groups is 1. The van der Waals surface area contributed by atoms with Crippen molar-refractivity contribution in [2.75, 3.05) is 112 Å². The van der Waals surface area contributed by atoms with Crippen molar-refractivity contribution in [2.45, 2.75) is 121 Å². The maximum Gasteiger partial charge on any atom is 0.317 e. The Balaban J connectivity index is 0.0000192. The molecule has 5 atom stereocenters. The number of rotatable bonds is 34. The van der Waals surface area contributed by atoms with E-state index in [1.165, 1.54) is 18.0 Å². The molecule has 5 aromatic carbocycles. The van der Waals surface area contributed by atoms with Gasteiger partial charge >= 0.3 is 17.9 Å². The molecule has 0 aromatic heterocycles. The Hall–Kier alpha value is -9.13. The monoisotopic (exact) mass is 1810 g/mol.